The molecule has 0 aromatic heterocycles. The van der Waals surface area contributed by atoms with Gasteiger partial charge in [0.25, 0.3) is 11.6 Å². The summed E-state index contributed by atoms with van der Waals surface area (Å²) in [6, 6.07) is 19.0. The SMILES string of the molecule is CN(C)c1cccc(C(=O)O[C@H](C(=O)Nc2ccc([N+](=O)[O-])cc2Cl)c2ccccc2)c1. The molecule has 0 spiro atoms. The lowest BCUT2D eigenvalue weighted by atomic mass is 10.1. The smallest absolute Gasteiger partial charge is 0.339 e. The van der Waals surface area contributed by atoms with E-state index >= 15 is 0 Å². The number of hydrogen-bond donors (Lipinski definition) is 1. The molecule has 8 nitrogen and oxygen atoms in total. The highest BCUT2D eigenvalue weighted by molar-refractivity contribution is 6.34. The number of anilines is 2. The molecule has 9 heteroatoms. The molecule has 0 aliphatic carbocycles. The lowest BCUT2D eigenvalue weighted by Crippen LogP contribution is -2.26. The molecule has 0 saturated heterocycles. The van der Waals surface area contributed by atoms with Crippen LogP contribution in [0.5, 0.6) is 0 Å². The maximum atomic E-state index is 13.0. The molecule has 3 rings (SSSR count). The van der Waals surface area contributed by atoms with E-state index in [1.165, 1.54) is 12.1 Å². The van der Waals surface area contributed by atoms with Gasteiger partial charge in [0, 0.05) is 37.5 Å². The fraction of sp³-hybridized carbons (Fsp3) is 0.130. The monoisotopic (exact) mass is 453 g/mol. The van der Waals surface area contributed by atoms with Crippen LogP contribution in [0, 0.1) is 10.1 Å². The average molecular weight is 454 g/mol. The number of ether oxygens (including phenoxy) is 1. The first-order chi connectivity index (χ1) is 15.3. The van der Waals surface area contributed by atoms with Gasteiger partial charge < -0.3 is 15.0 Å². The highest BCUT2D eigenvalue weighted by Crippen LogP contribution is 2.29. The number of nitro groups is 1. The van der Waals surface area contributed by atoms with E-state index in [-0.39, 0.29) is 16.4 Å². The van der Waals surface area contributed by atoms with E-state index in [0.29, 0.717) is 11.1 Å². The molecule has 0 fully saturated rings. The number of hydrogen-bond acceptors (Lipinski definition) is 6. The number of carbonyl (C=O) groups is 2. The van der Waals surface area contributed by atoms with Crippen molar-refractivity contribution in [3.63, 3.8) is 0 Å². The molecule has 32 heavy (non-hydrogen) atoms. The Kier molecular flexibility index (Phi) is 7.07. The predicted octanol–water partition coefficient (Wildman–Crippen LogP) is 4.85. The van der Waals surface area contributed by atoms with Crippen molar-refractivity contribution in [2.75, 3.05) is 24.3 Å². The van der Waals surface area contributed by atoms with Gasteiger partial charge in [-0.25, -0.2) is 4.79 Å². The van der Waals surface area contributed by atoms with E-state index in [2.05, 4.69) is 5.32 Å². The number of esters is 1. The van der Waals surface area contributed by atoms with Gasteiger partial charge in [0.1, 0.15) is 0 Å². The molecule has 0 unspecified atom stereocenters. The van der Waals surface area contributed by atoms with Crippen LogP contribution in [0.2, 0.25) is 5.02 Å². The van der Waals surface area contributed by atoms with Crippen molar-refractivity contribution in [1.82, 2.24) is 0 Å². The molecule has 1 atom stereocenters. The maximum Gasteiger partial charge on any atom is 0.339 e. The van der Waals surface area contributed by atoms with E-state index < -0.39 is 22.9 Å². The number of carbonyl (C=O) groups excluding carboxylic acids is 2. The normalized spacial score (nSPS) is 11.3. The van der Waals surface area contributed by atoms with E-state index in [0.717, 1.165) is 11.8 Å². The summed E-state index contributed by atoms with van der Waals surface area (Å²) in [5.74, 6) is -1.32. The van der Waals surface area contributed by atoms with Crippen LogP contribution in [0.15, 0.2) is 72.8 Å². The van der Waals surface area contributed by atoms with E-state index in [1.807, 2.05) is 25.1 Å². The topological polar surface area (TPSA) is 102 Å². The predicted molar refractivity (Wildman–Crippen MR) is 122 cm³/mol. The third-order valence-electron chi connectivity index (χ3n) is 4.58. The lowest BCUT2D eigenvalue weighted by Gasteiger charge is -2.19. The van der Waals surface area contributed by atoms with Crippen molar-refractivity contribution in [2.45, 2.75) is 6.10 Å². The minimum Gasteiger partial charge on any atom is -0.444 e. The van der Waals surface area contributed by atoms with Crippen molar-refractivity contribution in [1.29, 1.82) is 0 Å². The molecule has 1 amide bonds. The van der Waals surface area contributed by atoms with Crippen LogP contribution in [0.1, 0.15) is 22.0 Å². The zero-order valence-electron chi connectivity index (χ0n) is 17.3. The molecule has 0 saturated carbocycles. The average Bonchev–Trinajstić information content (AvgIpc) is 2.79. The lowest BCUT2D eigenvalue weighted by molar-refractivity contribution is -0.384. The zero-order valence-corrected chi connectivity index (χ0v) is 18.1. The number of non-ortho nitro benzene ring substituents is 1. The van der Waals surface area contributed by atoms with Crippen LogP contribution < -0.4 is 10.2 Å². The molecule has 0 radical (unpaired) electrons. The van der Waals surface area contributed by atoms with Gasteiger partial charge in [-0.15, -0.1) is 0 Å². The van der Waals surface area contributed by atoms with Gasteiger partial charge in [0.2, 0.25) is 6.10 Å². The largest absolute Gasteiger partial charge is 0.444 e. The first-order valence-electron chi connectivity index (χ1n) is 9.54. The Morgan fingerprint density at radius 1 is 1.03 bits per heavy atom. The van der Waals surface area contributed by atoms with Gasteiger partial charge in [-0.3, -0.25) is 14.9 Å². The Labute approximate surface area is 189 Å². The van der Waals surface area contributed by atoms with Gasteiger partial charge in [-0.1, -0.05) is 48.0 Å². The Balaban J connectivity index is 1.87. The van der Waals surface area contributed by atoms with Crippen LogP contribution in [0.25, 0.3) is 0 Å². The van der Waals surface area contributed by atoms with Gasteiger partial charge in [0.05, 0.1) is 21.2 Å². The van der Waals surface area contributed by atoms with Gasteiger partial charge in [-0.2, -0.15) is 0 Å². The van der Waals surface area contributed by atoms with Crippen molar-refractivity contribution in [2.24, 2.45) is 0 Å². The number of nitrogens with one attached hydrogen (secondary N) is 1. The summed E-state index contributed by atoms with van der Waals surface area (Å²) >= 11 is 6.09. The number of nitrogens with zero attached hydrogens (tertiary/aromatic N) is 2. The molecular weight excluding hydrogens is 434 g/mol. The summed E-state index contributed by atoms with van der Waals surface area (Å²) in [6.07, 6.45) is -1.27. The minimum absolute atomic E-state index is 0.00984. The van der Waals surface area contributed by atoms with Crippen LogP contribution >= 0.6 is 11.6 Å². The summed E-state index contributed by atoms with van der Waals surface area (Å²) < 4.78 is 5.57. The fourth-order valence-corrected chi connectivity index (χ4v) is 3.13. The van der Waals surface area contributed by atoms with Crippen LogP contribution in [-0.4, -0.2) is 30.9 Å². The molecule has 1 N–H and O–H groups in total. The number of rotatable bonds is 7. The summed E-state index contributed by atoms with van der Waals surface area (Å²) in [5, 5.41) is 13.5. The second-order valence-electron chi connectivity index (χ2n) is 7.05. The minimum atomic E-state index is -1.27. The molecule has 0 aliphatic rings. The summed E-state index contributed by atoms with van der Waals surface area (Å²) in [4.78, 5) is 38.0. The van der Waals surface area contributed by atoms with Gasteiger partial charge >= 0.3 is 5.97 Å². The molecule has 3 aromatic rings. The maximum absolute atomic E-state index is 13.0. The van der Waals surface area contributed by atoms with Crippen LogP contribution in [0.4, 0.5) is 17.1 Å². The number of halogens is 1. The van der Waals surface area contributed by atoms with Crippen LogP contribution in [-0.2, 0) is 9.53 Å². The van der Waals surface area contributed by atoms with Crippen molar-refractivity contribution < 1.29 is 19.2 Å². The Bertz CT molecular complexity index is 1150. The molecule has 0 bridgehead atoms. The number of nitro benzene ring substituents is 1. The highest BCUT2D eigenvalue weighted by Gasteiger charge is 2.27. The first kappa shape index (κ1) is 22.8. The van der Waals surface area contributed by atoms with E-state index in [1.54, 1.807) is 48.5 Å². The van der Waals surface area contributed by atoms with E-state index in [9.17, 15) is 19.7 Å². The van der Waals surface area contributed by atoms with Gasteiger partial charge in [0.15, 0.2) is 0 Å². The Morgan fingerprint density at radius 2 is 1.75 bits per heavy atom. The van der Waals surface area contributed by atoms with Gasteiger partial charge in [-0.05, 0) is 24.3 Å². The Morgan fingerprint density at radius 3 is 2.38 bits per heavy atom. The molecule has 164 valence electrons. The second-order valence-corrected chi connectivity index (χ2v) is 7.46. The standard InChI is InChI=1S/C23H20ClN3O5/c1-26(2)17-10-6-9-16(13-17)23(29)32-21(15-7-4-3-5-8-15)22(28)25-20-12-11-18(27(30)31)14-19(20)24/h3-14,21H,1-2H3,(H,25,28)/t21-/m0/s1. The third-order valence-corrected chi connectivity index (χ3v) is 4.90. The molecule has 0 heterocycles. The first-order valence-corrected chi connectivity index (χ1v) is 9.92. The summed E-state index contributed by atoms with van der Waals surface area (Å²) in [6.45, 7) is 0. The quantitative estimate of drug-likeness (QED) is 0.311. The summed E-state index contributed by atoms with van der Waals surface area (Å²) in [7, 11) is 3.69. The molecular formula is C23H20ClN3O5. The fourth-order valence-electron chi connectivity index (χ4n) is 2.90. The number of benzene rings is 3. The summed E-state index contributed by atoms with van der Waals surface area (Å²) in [5.41, 5.74) is 1.50. The van der Waals surface area contributed by atoms with Crippen molar-refractivity contribution >= 4 is 40.5 Å². The molecule has 0 aliphatic heterocycles. The van der Waals surface area contributed by atoms with Crippen LogP contribution in [0.3, 0.4) is 0 Å². The zero-order chi connectivity index (χ0) is 23.3. The van der Waals surface area contributed by atoms with Crippen molar-refractivity contribution in [3.8, 4) is 0 Å². The highest BCUT2D eigenvalue weighted by atomic mass is 35.5. The Hall–Kier alpha value is -3.91. The van der Waals surface area contributed by atoms with Crippen molar-refractivity contribution in [3.05, 3.63) is 99.1 Å². The van der Waals surface area contributed by atoms with E-state index in [4.69, 9.17) is 16.3 Å². The molecule has 3 aromatic carbocycles. The second kappa shape index (κ2) is 9.93. The number of amides is 1. The third kappa shape index (κ3) is 5.41.